The van der Waals surface area contributed by atoms with Crippen LogP contribution in [0.25, 0.3) is 22.2 Å². The Morgan fingerprint density at radius 3 is 2.34 bits per heavy atom. The van der Waals surface area contributed by atoms with Crippen LogP contribution in [0, 0.1) is 0 Å². The number of nitrogens with zero attached hydrogens (tertiary/aromatic N) is 2. The molecule has 294 valence electrons. The molecule has 2 fully saturated rings. The quantitative estimate of drug-likeness (QED) is 0.0874. The van der Waals surface area contributed by atoms with Gasteiger partial charge in [0.2, 0.25) is 11.8 Å². The molecule has 2 saturated heterocycles. The summed E-state index contributed by atoms with van der Waals surface area (Å²) in [4.78, 5) is 42.0. The van der Waals surface area contributed by atoms with E-state index < -0.39 is 6.29 Å². The van der Waals surface area contributed by atoms with Gasteiger partial charge < -0.3 is 35.1 Å². The second-order valence-corrected chi connectivity index (χ2v) is 15.0. The van der Waals surface area contributed by atoms with Crippen LogP contribution in [0.15, 0.2) is 102 Å². The molecule has 0 aliphatic carbocycles. The maximum atomic E-state index is 12.9. The van der Waals surface area contributed by atoms with Crippen molar-refractivity contribution < 1.29 is 24.2 Å². The number of aromatic nitrogens is 2. The van der Waals surface area contributed by atoms with Gasteiger partial charge in [-0.25, -0.2) is 4.79 Å². The minimum atomic E-state index is -0.569. The van der Waals surface area contributed by atoms with E-state index in [1.165, 1.54) is 6.92 Å². The van der Waals surface area contributed by atoms with E-state index in [-0.39, 0.29) is 42.4 Å². The second-order valence-electron chi connectivity index (χ2n) is 15.0. The van der Waals surface area contributed by atoms with Crippen LogP contribution >= 0.6 is 0 Å². The number of amides is 2. The Morgan fingerprint density at radius 1 is 0.839 bits per heavy atom. The number of para-hydroxylation sites is 2. The lowest BCUT2D eigenvalue weighted by Crippen LogP contribution is -2.43. The number of hydrogen-bond acceptors (Lipinski definition) is 7. The molecule has 3 heterocycles. The summed E-state index contributed by atoms with van der Waals surface area (Å²) >= 11 is 0. The van der Waals surface area contributed by atoms with Crippen molar-refractivity contribution in [1.82, 2.24) is 25.1 Å². The molecular weight excluding hydrogens is 707 g/mol. The molecule has 11 heteroatoms. The molecule has 4 N–H and O–H groups in total. The molecule has 2 aliphatic rings. The number of fused-ring (bicyclic) bond motifs is 1. The highest BCUT2D eigenvalue weighted by Gasteiger charge is 2.34. The normalized spacial score (nSPS) is 19.2. The maximum absolute atomic E-state index is 12.9. The molecule has 1 aromatic heterocycles. The Balaban J connectivity index is 0.996. The van der Waals surface area contributed by atoms with Crippen LogP contribution in [0.2, 0.25) is 0 Å². The number of carbonyl (C=O) groups is 2. The first-order valence-corrected chi connectivity index (χ1v) is 20.0. The van der Waals surface area contributed by atoms with Gasteiger partial charge in [-0.3, -0.25) is 14.2 Å². The maximum Gasteiger partial charge on any atom is 0.326 e. The number of hydrogen-bond donors (Lipinski definition) is 4. The number of carbonyl (C=O) groups excluding carboxylic acids is 2. The average Bonchev–Trinajstić information content (AvgIpc) is 3.57. The van der Waals surface area contributed by atoms with Crippen molar-refractivity contribution in [3.05, 3.63) is 130 Å². The summed E-state index contributed by atoms with van der Waals surface area (Å²) in [6.07, 6.45) is 4.61. The molecule has 0 unspecified atom stereocenters. The van der Waals surface area contributed by atoms with Crippen molar-refractivity contribution in [2.24, 2.45) is 0 Å². The Morgan fingerprint density at radius 2 is 1.57 bits per heavy atom. The summed E-state index contributed by atoms with van der Waals surface area (Å²) in [6, 6.07) is 32.4. The van der Waals surface area contributed by atoms with Gasteiger partial charge in [0.05, 0.1) is 29.8 Å². The number of aromatic amines is 1. The molecule has 56 heavy (non-hydrogen) atoms. The van der Waals surface area contributed by atoms with Crippen molar-refractivity contribution in [2.75, 3.05) is 26.2 Å². The third-order valence-corrected chi connectivity index (χ3v) is 11.1. The first kappa shape index (κ1) is 39.2. The zero-order valence-corrected chi connectivity index (χ0v) is 32.1. The number of aliphatic hydroxyl groups excluding tert-OH is 1. The van der Waals surface area contributed by atoms with Gasteiger partial charge in [0, 0.05) is 64.1 Å². The van der Waals surface area contributed by atoms with E-state index in [4.69, 9.17) is 9.47 Å². The Bertz CT molecular complexity index is 2120. The van der Waals surface area contributed by atoms with Gasteiger partial charge in [-0.15, -0.1) is 0 Å². The number of benzene rings is 4. The molecule has 0 saturated carbocycles. The van der Waals surface area contributed by atoms with E-state index in [0.717, 1.165) is 96.2 Å². The monoisotopic (exact) mass is 759 g/mol. The molecule has 0 radical (unpaired) electrons. The van der Waals surface area contributed by atoms with Crippen LogP contribution in [-0.2, 0) is 32.2 Å². The van der Waals surface area contributed by atoms with Crippen molar-refractivity contribution in [1.29, 1.82) is 0 Å². The minimum Gasteiger partial charge on any atom is -0.392 e. The number of nitrogens with one attached hydrogen (secondary N) is 3. The van der Waals surface area contributed by atoms with Gasteiger partial charge in [-0.2, -0.15) is 0 Å². The third-order valence-electron chi connectivity index (χ3n) is 11.1. The Hall–Kier alpha value is -5.07. The largest absolute Gasteiger partial charge is 0.392 e. The molecule has 4 aromatic carbocycles. The zero-order valence-electron chi connectivity index (χ0n) is 32.1. The fraction of sp³-hybridized carbons (Fsp3) is 0.400. The number of likely N-dealkylation sites (tertiary alicyclic amines) is 1. The smallest absolute Gasteiger partial charge is 0.326 e. The summed E-state index contributed by atoms with van der Waals surface area (Å²) in [5, 5.41) is 15.5. The predicted octanol–water partition coefficient (Wildman–Crippen LogP) is 6.68. The highest BCUT2D eigenvalue weighted by Crippen LogP contribution is 2.39. The van der Waals surface area contributed by atoms with E-state index in [0.29, 0.717) is 25.9 Å². The lowest BCUT2D eigenvalue weighted by Gasteiger charge is -2.40. The van der Waals surface area contributed by atoms with E-state index in [9.17, 15) is 19.5 Å². The van der Waals surface area contributed by atoms with E-state index in [2.05, 4.69) is 50.8 Å². The molecule has 2 amide bonds. The first-order chi connectivity index (χ1) is 27.3. The van der Waals surface area contributed by atoms with Gasteiger partial charge in [-0.1, -0.05) is 91.3 Å². The van der Waals surface area contributed by atoms with Crippen molar-refractivity contribution >= 4 is 22.8 Å². The molecular formula is C45H53N5O6. The number of ether oxygens (including phenoxy) is 2. The van der Waals surface area contributed by atoms with E-state index in [1.54, 1.807) is 0 Å². The van der Waals surface area contributed by atoms with Crippen LogP contribution in [0.3, 0.4) is 0 Å². The highest BCUT2D eigenvalue weighted by molar-refractivity contribution is 5.77. The van der Waals surface area contributed by atoms with Crippen LogP contribution < -0.4 is 16.3 Å². The second kappa shape index (κ2) is 18.7. The van der Waals surface area contributed by atoms with Crippen molar-refractivity contribution in [2.45, 2.75) is 89.6 Å². The predicted molar refractivity (Wildman–Crippen MR) is 217 cm³/mol. The Labute approximate surface area is 328 Å². The minimum absolute atomic E-state index is 0.00916. The fourth-order valence-electron chi connectivity index (χ4n) is 8.03. The van der Waals surface area contributed by atoms with E-state index in [1.807, 2.05) is 71.3 Å². The number of piperidine rings is 1. The van der Waals surface area contributed by atoms with Gasteiger partial charge in [0.15, 0.2) is 6.29 Å². The summed E-state index contributed by atoms with van der Waals surface area (Å²) < 4.78 is 15.3. The molecule has 7 rings (SSSR count). The summed E-state index contributed by atoms with van der Waals surface area (Å²) in [6.45, 7) is 5.07. The SMILES string of the molecule is CC(=O)NCCCCCC(=O)NCc1ccccc1-c1ccc([C@@H]2O[C@H](CN3CCC(n4c(=O)[nH]c5ccccc54)CC3)C[C@H](c3ccc(CO)cc3)O2)cc1. The van der Waals surface area contributed by atoms with Crippen LogP contribution in [-0.4, -0.2) is 63.7 Å². The first-order valence-electron chi connectivity index (χ1n) is 20.0. The lowest BCUT2D eigenvalue weighted by atomic mass is 9.97. The lowest BCUT2D eigenvalue weighted by molar-refractivity contribution is -0.253. The van der Waals surface area contributed by atoms with Gasteiger partial charge in [-0.05, 0) is 65.6 Å². The fourth-order valence-corrected chi connectivity index (χ4v) is 8.03. The highest BCUT2D eigenvalue weighted by atomic mass is 16.7. The summed E-state index contributed by atoms with van der Waals surface area (Å²) in [7, 11) is 0. The van der Waals surface area contributed by atoms with Gasteiger partial charge in [0.25, 0.3) is 0 Å². The van der Waals surface area contributed by atoms with Crippen LogP contribution in [0.5, 0.6) is 0 Å². The van der Waals surface area contributed by atoms with E-state index >= 15 is 0 Å². The molecule has 0 spiro atoms. The molecule has 0 bridgehead atoms. The number of rotatable bonds is 15. The zero-order chi connectivity index (χ0) is 38.9. The number of imidazole rings is 1. The number of H-pyrrole nitrogens is 1. The molecule has 2 aliphatic heterocycles. The summed E-state index contributed by atoms with van der Waals surface area (Å²) in [5.74, 6) is -0.0111. The third kappa shape index (κ3) is 9.83. The Kier molecular flexibility index (Phi) is 13.1. The van der Waals surface area contributed by atoms with Crippen LogP contribution in [0.4, 0.5) is 0 Å². The number of unbranched alkanes of at least 4 members (excludes halogenated alkanes) is 2. The topological polar surface area (TPSA) is 138 Å². The average molecular weight is 760 g/mol. The number of aliphatic hydroxyl groups is 1. The van der Waals surface area contributed by atoms with Gasteiger partial charge >= 0.3 is 5.69 Å². The standard InChI is InChI=1S/C45H53N5O6/c1-31(52)46-24-8-2-3-13-43(53)47-28-36-9-4-5-10-39(36)33-18-20-35(21-19-33)44-55-38(27-42(56-44)34-16-14-32(30-51)15-17-34)29-49-25-22-37(23-26-49)50-41-12-7-6-11-40(41)48-45(50)54/h4-7,9-12,14-21,37-38,42,44,51H,2-3,8,13,22-30H2,1H3,(H,46,52)(H,47,53)(H,48,54)/t38-,42+,44+/m0/s1. The molecule has 5 aromatic rings. The van der Waals surface area contributed by atoms with Crippen LogP contribution in [0.1, 0.15) is 92.6 Å². The van der Waals surface area contributed by atoms with Gasteiger partial charge in [0.1, 0.15) is 0 Å². The van der Waals surface area contributed by atoms with Crippen molar-refractivity contribution in [3.63, 3.8) is 0 Å². The molecule has 11 nitrogen and oxygen atoms in total. The van der Waals surface area contributed by atoms with Crippen molar-refractivity contribution in [3.8, 4) is 11.1 Å². The molecule has 3 atom stereocenters. The summed E-state index contributed by atoms with van der Waals surface area (Å²) in [5.41, 5.74) is 7.76.